The van der Waals surface area contributed by atoms with E-state index in [1.54, 1.807) is 12.4 Å². The summed E-state index contributed by atoms with van der Waals surface area (Å²) in [6, 6.07) is 3.66. The number of nitrogens with one attached hydrogen (secondary N) is 1. The van der Waals surface area contributed by atoms with Crippen LogP contribution in [0.5, 0.6) is 0 Å². The topological polar surface area (TPSA) is 101 Å². The second-order valence-electron chi connectivity index (χ2n) is 4.46. The molecule has 0 spiro atoms. The summed E-state index contributed by atoms with van der Waals surface area (Å²) in [5.41, 5.74) is 5.76. The Bertz CT molecular complexity index is 454. The number of oxime groups is 1. The molecule has 1 aromatic heterocycles. The van der Waals surface area contributed by atoms with E-state index in [0.717, 1.165) is 12.0 Å². The van der Waals surface area contributed by atoms with Gasteiger partial charge in [-0.3, -0.25) is 9.78 Å². The average molecular weight is 248 g/mol. The Morgan fingerprint density at radius 1 is 1.50 bits per heavy atom. The Balaban J connectivity index is 1.99. The van der Waals surface area contributed by atoms with Crippen LogP contribution >= 0.6 is 0 Å². The molecule has 0 unspecified atom stereocenters. The van der Waals surface area contributed by atoms with Crippen molar-refractivity contribution >= 4 is 11.7 Å². The lowest BCUT2D eigenvalue weighted by atomic mass is 9.67. The molecule has 4 N–H and O–H groups in total. The van der Waals surface area contributed by atoms with Crippen LogP contribution in [0.15, 0.2) is 29.7 Å². The van der Waals surface area contributed by atoms with Gasteiger partial charge in [0.25, 0.3) is 0 Å². The van der Waals surface area contributed by atoms with Crippen molar-refractivity contribution in [2.24, 2.45) is 16.3 Å². The van der Waals surface area contributed by atoms with Crippen LogP contribution in [0, 0.1) is 5.41 Å². The molecular weight excluding hydrogens is 232 g/mol. The molecule has 1 aliphatic carbocycles. The maximum absolute atomic E-state index is 12.1. The smallest absolute Gasteiger partial charge is 0.234 e. The molecule has 6 heteroatoms. The van der Waals surface area contributed by atoms with E-state index < -0.39 is 5.41 Å². The number of nitrogens with zero attached hydrogens (tertiary/aromatic N) is 2. The Morgan fingerprint density at radius 3 is 2.67 bits per heavy atom. The molecule has 96 valence electrons. The van der Waals surface area contributed by atoms with Crippen LogP contribution < -0.4 is 11.1 Å². The molecule has 0 aliphatic heterocycles. The third-order valence-corrected chi connectivity index (χ3v) is 3.44. The molecule has 6 nitrogen and oxygen atoms in total. The Labute approximate surface area is 105 Å². The normalized spacial score (nSPS) is 17.9. The van der Waals surface area contributed by atoms with E-state index in [0.29, 0.717) is 19.4 Å². The van der Waals surface area contributed by atoms with E-state index >= 15 is 0 Å². The molecule has 1 aliphatic rings. The zero-order valence-corrected chi connectivity index (χ0v) is 9.97. The van der Waals surface area contributed by atoms with Crippen LogP contribution in [0.2, 0.25) is 0 Å². The van der Waals surface area contributed by atoms with Gasteiger partial charge in [0.1, 0.15) is 5.41 Å². The number of carbonyl (C=O) groups is 1. The van der Waals surface area contributed by atoms with Crippen LogP contribution in [0.4, 0.5) is 0 Å². The van der Waals surface area contributed by atoms with Gasteiger partial charge in [-0.2, -0.15) is 0 Å². The van der Waals surface area contributed by atoms with Crippen molar-refractivity contribution in [3.8, 4) is 0 Å². The fourth-order valence-corrected chi connectivity index (χ4v) is 2.08. The largest absolute Gasteiger partial charge is 0.409 e. The highest BCUT2D eigenvalue weighted by molar-refractivity contribution is 6.07. The van der Waals surface area contributed by atoms with E-state index in [9.17, 15) is 4.79 Å². The fraction of sp³-hybridized carbons (Fsp3) is 0.417. The van der Waals surface area contributed by atoms with Crippen molar-refractivity contribution in [3.63, 3.8) is 0 Å². The minimum Gasteiger partial charge on any atom is -0.409 e. The summed E-state index contributed by atoms with van der Waals surface area (Å²) < 4.78 is 0. The number of rotatable bonds is 4. The third-order valence-electron chi connectivity index (χ3n) is 3.44. The van der Waals surface area contributed by atoms with Gasteiger partial charge in [0.2, 0.25) is 5.91 Å². The lowest BCUT2D eigenvalue weighted by Crippen LogP contribution is -2.53. The zero-order valence-electron chi connectivity index (χ0n) is 9.97. The lowest BCUT2D eigenvalue weighted by Gasteiger charge is -2.38. The summed E-state index contributed by atoms with van der Waals surface area (Å²) in [5.74, 6) is -0.179. The molecule has 18 heavy (non-hydrogen) atoms. The molecule has 2 rings (SSSR count). The maximum atomic E-state index is 12.1. The number of hydrogen-bond acceptors (Lipinski definition) is 4. The van der Waals surface area contributed by atoms with Crippen molar-refractivity contribution in [1.82, 2.24) is 10.3 Å². The van der Waals surface area contributed by atoms with Gasteiger partial charge < -0.3 is 16.3 Å². The molecule has 0 radical (unpaired) electrons. The first-order valence-electron chi connectivity index (χ1n) is 5.84. The van der Waals surface area contributed by atoms with Crippen LogP contribution in [-0.4, -0.2) is 21.9 Å². The van der Waals surface area contributed by atoms with Crippen LogP contribution in [-0.2, 0) is 11.3 Å². The SMILES string of the molecule is N/C(=N/O)C1(C(=O)NCc2ccncc2)CCC1. The number of nitrogens with two attached hydrogens (primary N) is 1. The summed E-state index contributed by atoms with van der Waals surface area (Å²) in [4.78, 5) is 16.0. The van der Waals surface area contributed by atoms with E-state index in [1.807, 2.05) is 12.1 Å². The minimum atomic E-state index is -0.818. The predicted octanol–water partition coefficient (Wildman–Crippen LogP) is 0.615. The zero-order chi connectivity index (χ0) is 13.0. The monoisotopic (exact) mass is 248 g/mol. The van der Waals surface area contributed by atoms with Gasteiger partial charge in [-0.1, -0.05) is 11.6 Å². The number of pyridine rings is 1. The first-order valence-corrected chi connectivity index (χ1v) is 5.84. The molecule has 1 amide bonds. The Morgan fingerprint density at radius 2 is 2.17 bits per heavy atom. The Kier molecular flexibility index (Phi) is 3.45. The van der Waals surface area contributed by atoms with Crippen molar-refractivity contribution < 1.29 is 10.0 Å². The molecule has 1 heterocycles. The van der Waals surface area contributed by atoms with Crippen LogP contribution in [0.25, 0.3) is 0 Å². The highest BCUT2D eigenvalue weighted by Gasteiger charge is 2.48. The van der Waals surface area contributed by atoms with Gasteiger partial charge in [0.05, 0.1) is 0 Å². The quantitative estimate of drug-likeness (QED) is 0.314. The number of amidine groups is 1. The van der Waals surface area contributed by atoms with Gasteiger partial charge in [-0.05, 0) is 30.5 Å². The van der Waals surface area contributed by atoms with Crippen molar-refractivity contribution in [3.05, 3.63) is 30.1 Å². The summed E-state index contributed by atoms with van der Waals surface area (Å²) in [6.07, 6.45) is 5.52. The van der Waals surface area contributed by atoms with Crippen molar-refractivity contribution in [2.45, 2.75) is 25.8 Å². The lowest BCUT2D eigenvalue weighted by molar-refractivity contribution is -0.131. The standard InChI is InChI=1S/C12H16N4O2/c13-10(16-18)12(4-1-5-12)11(17)15-8-9-2-6-14-7-3-9/h2-3,6-7,18H,1,4-5,8H2,(H2,13,16)(H,15,17). The van der Waals surface area contributed by atoms with E-state index in [4.69, 9.17) is 10.9 Å². The van der Waals surface area contributed by atoms with Gasteiger partial charge >= 0.3 is 0 Å². The van der Waals surface area contributed by atoms with Crippen LogP contribution in [0.3, 0.4) is 0 Å². The second kappa shape index (κ2) is 5.03. The summed E-state index contributed by atoms with van der Waals surface area (Å²) in [6.45, 7) is 0.418. The summed E-state index contributed by atoms with van der Waals surface area (Å²) in [5, 5.41) is 14.5. The second-order valence-corrected chi connectivity index (χ2v) is 4.46. The highest BCUT2D eigenvalue weighted by atomic mass is 16.4. The molecule has 1 fully saturated rings. The van der Waals surface area contributed by atoms with E-state index in [1.165, 1.54) is 0 Å². The number of amides is 1. The first-order chi connectivity index (χ1) is 8.69. The van der Waals surface area contributed by atoms with Gasteiger partial charge in [0.15, 0.2) is 5.84 Å². The third kappa shape index (κ3) is 2.13. The van der Waals surface area contributed by atoms with E-state index in [2.05, 4.69) is 15.5 Å². The minimum absolute atomic E-state index is 0.000906. The number of hydrogen-bond donors (Lipinski definition) is 3. The van der Waals surface area contributed by atoms with Gasteiger partial charge in [-0.15, -0.1) is 0 Å². The van der Waals surface area contributed by atoms with Crippen molar-refractivity contribution in [2.75, 3.05) is 0 Å². The average Bonchev–Trinajstić information content (AvgIpc) is 2.36. The molecule has 0 atom stereocenters. The Hall–Kier alpha value is -2.11. The fourth-order valence-electron chi connectivity index (χ4n) is 2.08. The highest BCUT2D eigenvalue weighted by Crippen LogP contribution is 2.41. The summed E-state index contributed by atoms with van der Waals surface area (Å²) in [7, 11) is 0. The maximum Gasteiger partial charge on any atom is 0.234 e. The van der Waals surface area contributed by atoms with E-state index in [-0.39, 0.29) is 11.7 Å². The molecular formula is C12H16N4O2. The first kappa shape index (κ1) is 12.3. The molecule has 0 aromatic carbocycles. The van der Waals surface area contributed by atoms with Gasteiger partial charge in [-0.25, -0.2) is 0 Å². The summed E-state index contributed by atoms with van der Waals surface area (Å²) >= 11 is 0. The number of aromatic nitrogens is 1. The molecule has 1 saturated carbocycles. The predicted molar refractivity (Wildman–Crippen MR) is 65.8 cm³/mol. The number of carbonyl (C=O) groups excluding carboxylic acids is 1. The molecule has 0 bridgehead atoms. The van der Waals surface area contributed by atoms with Gasteiger partial charge in [0, 0.05) is 18.9 Å². The molecule has 0 saturated heterocycles. The molecule has 1 aromatic rings. The van der Waals surface area contributed by atoms with Crippen molar-refractivity contribution in [1.29, 1.82) is 0 Å². The van der Waals surface area contributed by atoms with Crippen LogP contribution in [0.1, 0.15) is 24.8 Å².